The van der Waals surface area contributed by atoms with Gasteiger partial charge in [-0.2, -0.15) is 0 Å². The molecule has 0 aliphatic heterocycles. The number of carbonyl (C=O) groups excluding carboxylic acids is 2. The Balaban J connectivity index is 4.00. The Morgan fingerprint density at radius 1 is 1.44 bits per heavy atom. The average molecular weight is 260 g/mol. The summed E-state index contributed by atoms with van der Waals surface area (Å²) in [5.41, 5.74) is 10.3. The van der Waals surface area contributed by atoms with E-state index < -0.39 is 11.8 Å². The van der Waals surface area contributed by atoms with Gasteiger partial charge in [0.25, 0.3) is 0 Å². The second-order valence-electron chi connectivity index (χ2n) is 3.68. The Labute approximate surface area is 105 Å². The van der Waals surface area contributed by atoms with Gasteiger partial charge < -0.3 is 26.7 Å². The molecule has 0 heterocycles. The average Bonchev–Trinajstić information content (AvgIpc) is 2.34. The van der Waals surface area contributed by atoms with Crippen LogP contribution < -0.4 is 16.8 Å². The Morgan fingerprint density at radius 2 is 2.11 bits per heavy atom. The summed E-state index contributed by atoms with van der Waals surface area (Å²) < 4.78 is 4.87. The van der Waals surface area contributed by atoms with Crippen molar-refractivity contribution in [3.63, 3.8) is 0 Å². The van der Waals surface area contributed by atoms with E-state index in [-0.39, 0.29) is 31.5 Å². The molecule has 8 heteroatoms. The van der Waals surface area contributed by atoms with Crippen LogP contribution in [0.25, 0.3) is 0 Å². The van der Waals surface area contributed by atoms with Crippen molar-refractivity contribution in [2.45, 2.75) is 19.8 Å². The largest absolute Gasteiger partial charge is 0.409 e. The Bertz CT molecular complexity index is 306. The lowest BCUT2D eigenvalue weighted by molar-refractivity contribution is -0.123. The number of hydrogen-bond donors (Lipinski definition) is 4. The van der Waals surface area contributed by atoms with E-state index in [1.54, 1.807) is 0 Å². The maximum Gasteiger partial charge on any atom is 0.243 e. The summed E-state index contributed by atoms with van der Waals surface area (Å²) >= 11 is 0. The number of hydrogen-bond acceptors (Lipinski definition) is 5. The van der Waals surface area contributed by atoms with Gasteiger partial charge in [-0.15, -0.1) is 0 Å². The van der Waals surface area contributed by atoms with Gasteiger partial charge in [-0.1, -0.05) is 18.5 Å². The van der Waals surface area contributed by atoms with Crippen LogP contribution in [0.3, 0.4) is 0 Å². The first-order chi connectivity index (χ1) is 8.52. The first-order valence-corrected chi connectivity index (χ1v) is 5.64. The van der Waals surface area contributed by atoms with E-state index >= 15 is 0 Å². The van der Waals surface area contributed by atoms with Gasteiger partial charge >= 0.3 is 0 Å². The highest BCUT2D eigenvalue weighted by Crippen LogP contribution is 2.06. The molecule has 2 amide bonds. The van der Waals surface area contributed by atoms with Crippen molar-refractivity contribution >= 4 is 17.6 Å². The minimum absolute atomic E-state index is 0.118. The van der Waals surface area contributed by atoms with Crippen LogP contribution in [0.2, 0.25) is 0 Å². The summed E-state index contributed by atoms with van der Waals surface area (Å²) in [6, 6.07) is 0. The van der Waals surface area contributed by atoms with Crippen molar-refractivity contribution in [2.75, 3.05) is 19.8 Å². The van der Waals surface area contributed by atoms with E-state index in [0.29, 0.717) is 6.42 Å². The first-order valence-electron chi connectivity index (χ1n) is 5.64. The third-order valence-electron chi connectivity index (χ3n) is 2.16. The number of ether oxygens (including phenoxy) is 1. The van der Waals surface area contributed by atoms with Crippen molar-refractivity contribution in [1.29, 1.82) is 0 Å². The van der Waals surface area contributed by atoms with Crippen LogP contribution in [0.5, 0.6) is 0 Å². The normalized spacial score (nSPS) is 13.1. The van der Waals surface area contributed by atoms with Gasteiger partial charge in [0.1, 0.15) is 6.61 Å². The maximum absolute atomic E-state index is 11.7. The smallest absolute Gasteiger partial charge is 0.243 e. The quantitative estimate of drug-likeness (QED) is 0.135. The lowest BCUT2D eigenvalue weighted by Crippen LogP contribution is -2.40. The zero-order valence-corrected chi connectivity index (χ0v) is 10.4. The first kappa shape index (κ1) is 16.2. The van der Waals surface area contributed by atoms with E-state index in [0.717, 1.165) is 6.42 Å². The Hall–Kier alpha value is -1.83. The van der Waals surface area contributed by atoms with Crippen molar-refractivity contribution in [3.05, 3.63) is 0 Å². The fourth-order valence-corrected chi connectivity index (χ4v) is 1.31. The molecular weight excluding hydrogens is 240 g/mol. The third-order valence-corrected chi connectivity index (χ3v) is 2.16. The molecule has 0 radical (unpaired) electrons. The second-order valence-corrected chi connectivity index (χ2v) is 3.68. The van der Waals surface area contributed by atoms with Gasteiger partial charge in [0.05, 0.1) is 12.5 Å². The molecule has 0 bridgehead atoms. The molecule has 6 N–H and O–H groups in total. The van der Waals surface area contributed by atoms with Crippen molar-refractivity contribution in [3.8, 4) is 0 Å². The van der Waals surface area contributed by atoms with Gasteiger partial charge in [-0.25, -0.2) is 0 Å². The van der Waals surface area contributed by atoms with Gasteiger partial charge in [-0.05, 0) is 6.42 Å². The number of rotatable bonds is 9. The standard InChI is InChI=1S/C10H20N4O4/c1-2-3-7(9(12)14-17)10(16)13-4-5-18-6-8(11)15/h7,17H,2-6H2,1H3,(H2,11,15)(H2,12,14)(H,13,16). The van der Waals surface area contributed by atoms with Gasteiger partial charge in [0.2, 0.25) is 11.8 Å². The van der Waals surface area contributed by atoms with Crippen LogP contribution in [0.15, 0.2) is 5.16 Å². The molecular formula is C10H20N4O4. The van der Waals surface area contributed by atoms with Gasteiger partial charge in [0.15, 0.2) is 5.84 Å². The summed E-state index contributed by atoms with van der Waals surface area (Å²) in [6.45, 7) is 2.10. The molecule has 1 atom stereocenters. The Morgan fingerprint density at radius 3 is 2.61 bits per heavy atom. The molecule has 0 aliphatic rings. The number of primary amides is 1. The Kier molecular flexibility index (Phi) is 8.29. The predicted octanol–water partition coefficient (Wildman–Crippen LogP) is -1.23. The van der Waals surface area contributed by atoms with Gasteiger partial charge in [-0.3, -0.25) is 9.59 Å². The highest BCUT2D eigenvalue weighted by Gasteiger charge is 2.21. The predicted molar refractivity (Wildman–Crippen MR) is 64.8 cm³/mol. The molecule has 8 nitrogen and oxygen atoms in total. The van der Waals surface area contributed by atoms with E-state index in [1.165, 1.54) is 0 Å². The SMILES string of the molecule is CCCC(C(=O)NCCOCC(N)=O)C(N)=NO. The fraction of sp³-hybridized carbons (Fsp3) is 0.700. The zero-order chi connectivity index (χ0) is 14.0. The third kappa shape index (κ3) is 6.69. The van der Waals surface area contributed by atoms with Crippen LogP contribution in [0.4, 0.5) is 0 Å². The molecule has 0 aliphatic carbocycles. The summed E-state index contributed by atoms with van der Waals surface area (Å²) in [4.78, 5) is 22.1. The number of nitrogens with one attached hydrogen (secondary N) is 1. The highest BCUT2D eigenvalue weighted by atomic mass is 16.5. The lowest BCUT2D eigenvalue weighted by atomic mass is 10.0. The van der Waals surface area contributed by atoms with Gasteiger partial charge in [0, 0.05) is 6.54 Å². The molecule has 0 rings (SSSR count). The van der Waals surface area contributed by atoms with Crippen molar-refractivity contribution < 1.29 is 19.5 Å². The summed E-state index contributed by atoms with van der Waals surface area (Å²) in [5, 5.41) is 14.0. The summed E-state index contributed by atoms with van der Waals surface area (Å²) in [6.07, 6.45) is 1.22. The van der Waals surface area contributed by atoms with Crippen LogP contribution in [-0.4, -0.2) is 42.6 Å². The number of amides is 2. The molecule has 0 saturated heterocycles. The van der Waals surface area contributed by atoms with Crippen LogP contribution in [0, 0.1) is 5.92 Å². The topological polar surface area (TPSA) is 140 Å². The number of nitrogens with zero attached hydrogens (tertiary/aromatic N) is 1. The zero-order valence-electron chi connectivity index (χ0n) is 10.4. The number of oxime groups is 1. The summed E-state index contributed by atoms with van der Waals surface area (Å²) in [5.74, 6) is -1.68. The van der Waals surface area contributed by atoms with E-state index in [1.807, 2.05) is 6.92 Å². The van der Waals surface area contributed by atoms with Crippen LogP contribution in [-0.2, 0) is 14.3 Å². The highest BCUT2D eigenvalue weighted by molar-refractivity contribution is 6.02. The molecule has 0 saturated carbocycles. The molecule has 1 unspecified atom stereocenters. The lowest BCUT2D eigenvalue weighted by Gasteiger charge is -2.14. The van der Waals surface area contributed by atoms with Crippen molar-refractivity contribution in [2.24, 2.45) is 22.5 Å². The molecule has 0 aromatic carbocycles. The molecule has 0 fully saturated rings. The molecule has 104 valence electrons. The van der Waals surface area contributed by atoms with Crippen LogP contribution >= 0.6 is 0 Å². The minimum Gasteiger partial charge on any atom is -0.409 e. The van der Waals surface area contributed by atoms with E-state index in [4.69, 9.17) is 21.4 Å². The molecule has 0 spiro atoms. The molecule has 0 aromatic heterocycles. The minimum atomic E-state index is -0.656. The second kappa shape index (κ2) is 9.23. The summed E-state index contributed by atoms with van der Waals surface area (Å²) in [7, 11) is 0. The fourth-order valence-electron chi connectivity index (χ4n) is 1.31. The maximum atomic E-state index is 11.7. The number of carbonyl (C=O) groups is 2. The monoisotopic (exact) mass is 260 g/mol. The number of amidine groups is 1. The van der Waals surface area contributed by atoms with Crippen molar-refractivity contribution in [1.82, 2.24) is 5.32 Å². The van der Waals surface area contributed by atoms with E-state index in [2.05, 4.69) is 10.5 Å². The molecule has 0 aromatic rings. The van der Waals surface area contributed by atoms with Crippen LogP contribution in [0.1, 0.15) is 19.8 Å². The number of nitrogens with two attached hydrogens (primary N) is 2. The van der Waals surface area contributed by atoms with E-state index in [9.17, 15) is 9.59 Å². The molecule has 18 heavy (non-hydrogen) atoms.